The van der Waals surface area contributed by atoms with Crippen LogP contribution in [0, 0.1) is 23.5 Å². The van der Waals surface area contributed by atoms with E-state index in [2.05, 4.69) is 37.7 Å². The van der Waals surface area contributed by atoms with Crippen LogP contribution in [0.2, 0.25) is 0 Å². The molecule has 1 aliphatic rings. The number of halogens is 2. The van der Waals surface area contributed by atoms with Gasteiger partial charge in [-0.05, 0) is 38.1 Å². The quantitative estimate of drug-likeness (QED) is 0.831. The first-order valence-corrected chi connectivity index (χ1v) is 7.74. The molecule has 1 aromatic carbocycles. The van der Waals surface area contributed by atoms with Gasteiger partial charge in [-0.2, -0.15) is 0 Å². The molecule has 0 spiro atoms. The third-order valence-electron chi connectivity index (χ3n) is 4.68. The van der Waals surface area contributed by atoms with E-state index in [1.807, 2.05) is 0 Å². The summed E-state index contributed by atoms with van der Waals surface area (Å²) in [5.41, 5.74) is 0.310. The molecule has 1 saturated heterocycles. The maximum absolute atomic E-state index is 14.1. The van der Waals surface area contributed by atoms with Crippen LogP contribution in [0.15, 0.2) is 12.1 Å². The Morgan fingerprint density at radius 1 is 1.27 bits per heavy atom. The molecule has 22 heavy (non-hydrogen) atoms. The normalized spacial score (nSPS) is 22.8. The second kappa shape index (κ2) is 6.92. The largest absolute Gasteiger partial charge is 0.496 e. The van der Waals surface area contributed by atoms with Crippen LogP contribution in [-0.4, -0.2) is 50.1 Å². The number of nitrogens with zero attached hydrogens (tertiary/aromatic N) is 2. The molecule has 0 aromatic heterocycles. The van der Waals surface area contributed by atoms with Gasteiger partial charge in [0.25, 0.3) is 0 Å². The first-order chi connectivity index (χ1) is 10.3. The molecule has 124 valence electrons. The third kappa shape index (κ3) is 3.41. The van der Waals surface area contributed by atoms with Gasteiger partial charge in [0.05, 0.1) is 7.11 Å². The Labute approximate surface area is 131 Å². The van der Waals surface area contributed by atoms with Crippen LogP contribution in [0.1, 0.15) is 19.4 Å². The van der Waals surface area contributed by atoms with Crippen LogP contribution in [0.5, 0.6) is 5.75 Å². The van der Waals surface area contributed by atoms with E-state index in [9.17, 15) is 8.78 Å². The summed E-state index contributed by atoms with van der Waals surface area (Å²) in [6.07, 6.45) is 0. The summed E-state index contributed by atoms with van der Waals surface area (Å²) in [7, 11) is 5.64. The number of ether oxygens (including phenoxy) is 1. The minimum absolute atomic E-state index is 0.310. The predicted molar refractivity (Wildman–Crippen MR) is 84.0 cm³/mol. The van der Waals surface area contributed by atoms with Crippen molar-refractivity contribution in [3.63, 3.8) is 0 Å². The van der Waals surface area contributed by atoms with Gasteiger partial charge in [0, 0.05) is 31.2 Å². The molecule has 2 rings (SSSR count). The molecule has 5 heteroatoms. The second-order valence-corrected chi connectivity index (χ2v) is 6.68. The van der Waals surface area contributed by atoms with Crippen LogP contribution in [0.3, 0.4) is 0 Å². The molecular weight excluding hydrogens is 286 g/mol. The lowest BCUT2D eigenvalue weighted by atomic mass is 9.91. The molecule has 0 amide bonds. The van der Waals surface area contributed by atoms with Crippen LogP contribution < -0.4 is 4.74 Å². The van der Waals surface area contributed by atoms with Crippen LogP contribution in [0.25, 0.3) is 0 Å². The highest BCUT2D eigenvalue weighted by atomic mass is 19.2. The lowest BCUT2D eigenvalue weighted by Crippen LogP contribution is -2.37. The highest BCUT2D eigenvalue weighted by Gasteiger charge is 2.36. The van der Waals surface area contributed by atoms with Crippen molar-refractivity contribution in [2.45, 2.75) is 26.4 Å². The van der Waals surface area contributed by atoms with E-state index >= 15 is 0 Å². The lowest BCUT2D eigenvalue weighted by molar-refractivity contribution is 0.215. The Balaban J connectivity index is 2.20. The van der Waals surface area contributed by atoms with E-state index in [0.717, 1.165) is 19.2 Å². The maximum Gasteiger partial charge on any atom is 0.167 e. The zero-order valence-electron chi connectivity index (χ0n) is 14.1. The highest BCUT2D eigenvalue weighted by molar-refractivity contribution is 5.35. The Kier molecular flexibility index (Phi) is 5.40. The van der Waals surface area contributed by atoms with Crippen molar-refractivity contribution in [3.05, 3.63) is 29.3 Å². The average Bonchev–Trinajstić information content (AvgIpc) is 2.89. The SMILES string of the molecule is COc1ccc(F)c(F)c1CN1C[C@@H](N(C)C)[C@H](C(C)C)C1. The maximum atomic E-state index is 14.1. The van der Waals surface area contributed by atoms with Gasteiger partial charge in [0.2, 0.25) is 0 Å². The third-order valence-corrected chi connectivity index (χ3v) is 4.68. The Morgan fingerprint density at radius 2 is 1.95 bits per heavy atom. The van der Waals surface area contributed by atoms with Gasteiger partial charge in [-0.25, -0.2) is 8.78 Å². The molecule has 0 bridgehead atoms. The minimum Gasteiger partial charge on any atom is -0.496 e. The molecule has 1 fully saturated rings. The fourth-order valence-corrected chi connectivity index (χ4v) is 3.36. The highest BCUT2D eigenvalue weighted by Crippen LogP contribution is 2.31. The van der Waals surface area contributed by atoms with Gasteiger partial charge < -0.3 is 9.64 Å². The molecular formula is C17H26F2N2O. The summed E-state index contributed by atoms with van der Waals surface area (Å²) in [5.74, 6) is -0.129. The van der Waals surface area contributed by atoms with E-state index in [1.54, 1.807) is 0 Å². The van der Waals surface area contributed by atoms with Gasteiger partial charge in [0.15, 0.2) is 11.6 Å². The molecule has 1 aromatic rings. The van der Waals surface area contributed by atoms with Crippen molar-refractivity contribution in [1.29, 1.82) is 0 Å². The van der Waals surface area contributed by atoms with Gasteiger partial charge in [-0.1, -0.05) is 13.8 Å². The first-order valence-electron chi connectivity index (χ1n) is 7.74. The second-order valence-electron chi connectivity index (χ2n) is 6.68. The zero-order chi connectivity index (χ0) is 16.4. The number of likely N-dealkylation sites (N-methyl/N-ethyl adjacent to an activating group) is 1. The summed E-state index contributed by atoms with van der Waals surface area (Å²) in [5, 5.41) is 0. The number of hydrogen-bond donors (Lipinski definition) is 0. The van der Waals surface area contributed by atoms with E-state index < -0.39 is 11.6 Å². The molecule has 0 N–H and O–H groups in total. The number of hydrogen-bond acceptors (Lipinski definition) is 3. The van der Waals surface area contributed by atoms with Crippen LogP contribution >= 0.6 is 0 Å². The smallest absolute Gasteiger partial charge is 0.167 e. The monoisotopic (exact) mass is 312 g/mol. The number of likely N-dealkylation sites (tertiary alicyclic amines) is 1. The Morgan fingerprint density at radius 3 is 2.45 bits per heavy atom. The fourth-order valence-electron chi connectivity index (χ4n) is 3.36. The van der Waals surface area contributed by atoms with Gasteiger partial charge in [-0.3, -0.25) is 4.90 Å². The minimum atomic E-state index is -0.820. The standard InChI is InChI=1S/C17H26F2N2O/c1-11(2)12-8-21(10-15(12)20(3)4)9-13-16(22-5)7-6-14(18)17(13)19/h6-7,11-12,15H,8-10H2,1-5H3/t12-,15+/m0/s1. The number of rotatable bonds is 5. The molecule has 0 aliphatic carbocycles. The van der Waals surface area contributed by atoms with Crippen molar-refractivity contribution in [1.82, 2.24) is 9.80 Å². The van der Waals surface area contributed by atoms with E-state index in [4.69, 9.17) is 4.74 Å². The summed E-state index contributed by atoms with van der Waals surface area (Å²) in [6.45, 7) is 6.55. The molecule has 0 saturated carbocycles. The summed E-state index contributed by atoms with van der Waals surface area (Å²) in [4.78, 5) is 4.42. The fraction of sp³-hybridized carbons (Fsp3) is 0.647. The van der Waals surface area contributed by atoms with E-state index in [-0.39, 0.29) is 0 Å². The average molecular weight is 312 g/mol. The van der Waals surface area contributed by atoms with Gasteiger partial charge >= 0.3 is 0 Å². The van der Waals surface area contributed by atoms with Crippen LogP contribution in [-0.2, 0) is 6.54 Å². The van der Waals surface area contributed by atoms with Crippen molar-refractivity contribution >= 4 is 0 Å². The molecule has 2 atom stereocenters. The first kappa shape index (κ1) is 17.2. The van der Waals surface area contributed by atoms with Crippen LogP contribution in [0.4, 0.5) is 8.78 Å². The molecule has 0 unspecified atom stereocenters. The molecule has 1 heterocycles. The lowest BCUT2D eigenvalue weighted by Gasteiger charge is -2.27. The number of benzene rings is 1. The Bertz CT molecular complexity index is 504. The van der Waals surface area contributed by atoms with Crippen molar-refractivity contribution < 1.29 is 13.5 Å². The summed E-state index contributed by atoms with van der Waals surface area (Å²) in [6, 6.07) is 3.04. The summed E-state index contributed by atoms with van der Waals surface area (Å²) >= 11 is 0. The molecule has 0 radical (unpaired) electrons. The molecule has 1 aliphatic heterocycles. The number of methoxy groups -OCH3 is 1. The van der Waals surface area contributed by atoms with Crippen molar-refractivity contribution in [3.8, 4) is 5.75 Å². The zero-order valence-corrected chi connectivity index (χ0v) is 14.1. The van der Waals surface area contributed by atoms with Crippen molar-refractivity contribution in [2.24, 2.45) is 11.8 Å². The van der Waals surface area contributed by atoms with Gasteiger partial charge in [0.1, 0.15) is 5.75 Å². The van der Waals surface area contributed by atoms with E-state index in [0.29, 0.717) is 35.7 Å². The topological polar surface area (TPSA) is 15.7 Å². The van der Waals surface area contributed by atoms with E-state index in [1.165, 1.54) is 13.2 Å². The summed E-state index contributed by atoms with van der Waals surface area (Å²) < 4.78 is 32.8. The van der Waals surface area contributed by atoms with Gasteiger partial charge in [-0.15, -0.1) is 0 Å². The molecule has 3 nitrogen and oxygen atoms in total. The van der Waals surface area contributed by atoms with Crippen molar-refractivity contribution in [2.75, 3.05) is 34.3 Å². The predicted octanol–water partition coefficient (Wildman–Crippen LogP) is 2.99. The Hall–Kier alpha value is -1.20.